The zero-order chi connectivity index (χ0) is 11.6. The van der Waals surface area contributed by atoms with Crippen LogP contribution in [-0.4, -0.2) is 23.2 Å². The number of halogens is 2. The smallest absolute Gasteiger partial charge is 0.338 e. The van der Waals surface area contributed by atoms with Crippen LogP contribution in [0.4, 0.5) is 8.78 Å². The molecule has 0 aromatic carbocycles. The van der Waals surface area contributed by atoms with E-state index in [1.165, 1.54) is 14.0 Å². The Morgan fingerprint density at radius 1 is 1.60 bits per heavy atom. The molecule has 15 heavy (non-hydrogen) atoms. The predicted molar refractivity (Wildman–Crippen MR) is 47.4 cm³/mol. The van der Waals surface area contributed by atoms with Gasteiger partial charge in [0.2, 0.25) is 0 Å². The summed E-state index contributed by atoms with van der Waals surface area (Å²) in [5.74, 6) is -1.26. The third kappa shape index (κ3) is 2.03. The number of rotatable bonds is 3. The highest BCUT2D eigenvalue weighted by molar-refractivity contribution is 5.91. The number of alkyl halides is 2. The van der Waals surface area contributed by atoms with Gasteiger partial charge in [0.15, 0.2) is 0 Å². The van der Waals surface area contributed by atoms with Crippen molar-refractivity contribution in [2.45, 2.75) is 13.3 Å². The summed E-state index contributed by atoms with van der Waals surface area (Å²) in [4.78, 5) is 14.2. The van der Waals surface area contributed by atoms with Gasteiger partial charge in [0.1, 0.15) is 11.4 Å². The fourth-order valence-electron chi connectivity index (χ4n) is 1.25. The number of pyridine rings is 1. The summed E-state index contributed by atoms with van der Waals surface area (Å²) in [7, 11) is 1.32. The number of aromatic carboxylic acids is 1. The molecule has 1 N–H and O–H groups in total. The van der Waals surface area contributed by atoms with E-state index in [1.54, 1.807) is 0 Å². The second-order valence-corrected chi connectivity index (χ2v) is 2.82. The number of carboxylic acids is 1. The molecule has 0 aliphatic heterocycles. The van der Waals surface area contributed by atoms with Crippen LogP contribution in [0, 0.1) is 6.92 Å². The molecule has 1 heterocycles. The maximum Gasteiger partial charge on any atom is 0.338 e. The molecule has 6 heteroatoms. The van der Waals surface area contributed by atoms with Gasteiger partial charge in [-0.15, -0.1) is 0 Å². The topological polar surface area (TPSA) is 59.4 Å². The van der Waals surface area contributed by atoms with Crippen LogP contribution in [0.1, 0.15) is 28.0 Å². The highest BCUT2D eigenvalue weighted by Gasteiger charge is 2.23. The van der Waals surface area contributed by atoms with Gasteiger partial charge in [0.25, 0.3) is 6.43 Å². The third-order valence-electron chi connectivity index (χ3n) is 1.96. The van der Waals surface area contributed by atoms with Crippen molar-refractivity contribution in [3.8, 4) is 5.75 Å². The molecule has 0 spiro atoms. The molecular weight excluding hydrogens is 208 g/mol. The summed E-state index contributed by atoms with van der Waals surface area (Å²) in [6.45, 7) is 1.40. The monoisotopic (exact) mass is 217 g/mol. The number of aromatic nitrogens is 1. The number of carboxylic acid groups (broad SMARTS) is 1. The first-order chi connectivity index (χ1) is 6.99. The Morgan fingerprint density at radius 2 is 2.20 bits per heavy atom. The number of carbonyl (C=O) groups is 1. The Bertz CT molecular complexity index is 393. The van der Waals surface area contributed by atoms with Crippen molar-refractivity contribution in [1.82, 2.24) is 4.98 Å². The van der Waals surface area contributed by atoms with Gasteiger partial charge in [-0.3, -0.25) is 4.98 Å². The van der Waals surface area contributed by atoms with Crippen LogP contribution in [-0.2, 0) is 0 Å². The number of hydrogen-bond acceptors (Lipinski definition) is 3. The molecule has 0 saturated heterocycles. The molecule has 0 saturated carbocycles. The van der Waals surface area contributed by atoms with Gasteiger partial charge >= 0.3 is 5.97 Å². The van der Waals surface area contributed by atoms with Gasteiger partial charge in [-0.05, 0) is 6.92 Å². The first-order valence-electron chi connectivity index (χ1n) is 4.04. The molecule has 0 atom stereocenters. The lowest BCUT2D eigenvalue weighted by Crippen LogP contribution is -2.09. The molecule has 0 bridgehead atoms. The van der Waals surface area contributed by atoms with E-state index < -0.39 is 23.7 Å². The first-order valence-corrected chi connectivity index (χ1v) is 4.04. The molecule has 0 amide bonds. The summed E-state index contributed by atoms with van der Waals surface area (Å²) in [5.41, 5.74) is -1.08. The normalized spacial score (nSPS) is 10.5. The average Bonchev–Trinajstić information content (AvgIpc) is 2.16. The van der Waals surface area contributed by atoms with Crippen LogP contribution >= 0.6 is 0 Å². The molecule has 1 aromatic rings. The molecule has 0 aliphatic carbocycles. The number of ether oxygens (including phenoxy) is 1. The maximum atomic E-state index is 12.4. The van der Waals surface area contributed by atoms with Crippen molar-refractivity contribution < 1.29 is 23.4 Å². The fourth-order valence-corrected chi connectivity index (χ4v) is 1.25. The number of methoxy groups -OCH3 is 1. The lowest BCUT2D eigenvalue weighted by atomic mass is 10.1. The first kappa shape index (κ1) is 11.4. The van der Waals surface area contributed by atoms with Crippen molar-refractivity contribution in [3.05, 3.63) is 23.0 Å². The molecule has 0 unspecified atom stereocenters. The molecule has 0 fully saturated rings. The quantitative estimate of drug-likeness (QED) is 0.841. The second-order valence-electron chi connectivity index (χ2n) is 2.82. The van der Waals surface area contributed by atoms with Crippen molar-refractivity contribution in [2.75, 3.05) is 7.11 Å². The minimum absolute atomic E-state index is 0.148. The standard InChI is InChI=1S/C9H9F2NO3/c1-4-5(15-2)3-12-7(8(10)11)6(4)9(13)14/h3,8H,1-2H3,(H,13,14). The van der Waals surface area contributed by atoms with Crippen LogP contribution in [0.5, 0.6) is 5.75 Å². The van der Waals surface area contributed by atoms with E-state index in [1.807, 2.05) is 0 Å². The van der Waals surface area contributed by atoms with Gasteiger partial charge in [0.05, 0.1) is 18.9 Å². The van der Waals surface area contributed by atoms with E-state index >= 15 is 0 Å². The lowest BCUT2D eigenvalue weighted by Gasteiger charge is -2.10. The molecule has 82 valence electrons. The van der Waals surface area contributed by atoms with Crippen molar-refractivity contribution >= 4 is 5.97 Å². The van der Waals surface area contributed by atoms with Crippen LogP contribution in [0.2, 0.25) is 0 Å². The minimum Gasteiger partial charge on any atom is -0.495 e. The summed E-state index contributed by atoms with van der Waals surface area (Å²) in [5, 5.41) is 8.79. The number of nitrogens with zero attached hydrogens (tertiary/aromatic N) is 1. The zero-order valence-electron chi connectivity index (χ0n) is 8.12. The molecular formula is C9H9F2NO3. The van der Waals surface area contributed by atoms with Crippen LogP contribution in [0.15, 0.2) is 6.20 Å². The Kier molecular flexibility index (Phi) is 3.18. The van der Waals surface area contributed by atoms with E-state index in [-0.39, 0.29) is 11.3 Å². The van der Waals surface area contributed by atoms with Crippen molar-refractivity contribution in [2.24, 2.45) is 0 Å². The largest absolute Gasteiger partial charge is 0.495 e. The predicted octanol–water partition coefficient (Wildman–Crippen LogP) is 2.03. The summed E-state index contributed by atoms with van der Waals surface area (Å²) in [6, 6.07) is 0. The average molecular weight is 217 g/mol. The Balaban J connectivity index is 3.44. The molecule has 1 aromatic heterocycles. The molecule has 0 aliphatic rings. The SMILES string of the molecule is COc1cnc(C(F)F)c(C(=O)O)c1C. The van der Waals surface area contributed by atoms with Gasteiger partial charge in [-0.1, -0.05) is 0 Å². The highest BCUT2D eigenvalue weighted by Crippen LogP contribution is 2.28. The van der Waals surface area contributed by atoms with E-state index in [0.717, 1.165) is 6.20 Å². The van der Waals surface area contributed by atoms with Crippen LogP contribution < -0.4 is 4.74 Å². The summed E-state index contributed by atoms with van der Waals surface area (Å²) < 4.78 is 29.7. The maximum absolute atomic E-state index is 12.4. The molecule has 4 nitrogen and oxygen atoms in total. The van der Waals surface area contributed by atoms with E-state index in [4.69, 9.17) is 9.84 Å². The molecule has 0 radical (unpaired) electrons. The van der Waals surface area contributed by atoms with E-state index in [9.17, 15) is 13.6 Å². The van der Waals surface area contributed by atoms with Gasteiger partial charge in [-0.25, -0.2) is 13.6 Å². The number of hydrogen-bond donors (Lipinski definition) is 1. The van der Waals surface area contributed by atoms with Gasteiger partial charge < -0.3 is 9.84 Å². The van der Waals surface area contributed by atoms with Crippen LogP contribution in [0.3, 0.4) is 0 Å². The van der Waals surface area contributed by atoms with Crippen LogP contribution in [0.25, 0.3) is 0 Å². The molecule has 1 rings (SSSR count). The fraction of sp³-hybridized carbons (Fsp3) is 0.333. The summed E-state index contributed by atoms with van der Waals surface area (Å²) >= 11 is 0. The minimum atomic E-state index is -2.92. The third-order valence-corrected chi connectivity index (χ3v) is 1.96. The Labute approximate surface area is 84.5 Å². The van der Waals surface area contributed by atoms with E-state index in [0.29, 0.717) is 0 Å². The Hall–Kier alpha value is -1.72. The summed E-state index contributed by atoms with van der Waals surface area (Å²) in [6.07, 6.45) is -1.83. The lowest BCUT2D eigenvalue weighted by molar-refractivity contribution is 0.0680. The van der Waals surface area contributed by atoms with Crippen molar-refractivity contribution in [1.29, 1.82) is 0 Å². The highest BCUT2D eigenvalue weighted by atomic mass is 19.3. The van der Waals surface area contributed by atoms with Gasteiger partial charge in [-0.2, -0.15) is 0 Å². The zero-order valence-corrected chi connectivity index (χ0v) is 8.12. The van der Waals surface area contributed by atoms with Gasteiger partial charge in [0, 0.05) is 5.56 Å². The Morgan fingerprint density at radius 3 is 2.60 bits per heavy atom. The second kappa shape index (κ2) is 4.20. The van der Waals surface area contributed by atoms with Crippen molar-refractivity contribution in [3.63, 3.8) is 0 Å². The van der Waals surface area contributed by atoms with E-state index in [2.05, 4.69) is 4.98 Å².